The minimum Gasteiger partial charge on any atom is -0.300 e. The van der Waals surface area contributed by atoms with Crippen molar-refractivity contribution in [3.63, 3.8) is 0 Å². The molecular formula is C11H22N2S. The molecule has 2 nitrogen and oxygen atoms in total. The normalized spacial score (nSPS) is 14.7. The van der Waals surface area contributed by atoms with Gasteiger partial charge < -0.3 is 0 Å². The van der Waals surface area contributed by atoms with E-state index < -0.39 is 0 Å². The highest BCUT2D eigenvalue weighted by Crippen LogP contribution is 2.14. The Labute approximate surface area is 92.5 Å². The van der Waals surface area contributed by atoms with Crippen molar-refractivity contribution in [2.45, 2.75) is 45.6 Å². The van der Waals surface area contributed by atoms with Gasteiger partial charge in [0.15, 0.2) is 0 Å². The lowest BCUT2D eigenvalue weighted by molar-refractivity contribution is 0.426. The molecule has 0 radical (unpaired) electrons. The third-order valence-corrected chi connectivity index (χ3v) is 3.40. The standard InChI is InChI=1S/C11H22N2S/c1-4-8-14-9-6-7-11(3,10-12)13-5-2/h13H,4-9H2,1-3H3. The van der Waals surface area contributed by atoms with Gasteiger partial charge in [0, 0.05) is 0 Å². The molecule has 3 heteroatoms. The van der Waals surface area contributed by atoms with Crippen LogP contribution >= 0.6 is 11.8 Å². The molecule has 0 aromatic rings. The molecule has 0 aliphatic heterocycles. The topological polar surface area (TPSA) is 35.8 Å². The Balaban J connectivity index is 3.58. The average Bonchev–Trinajstić information content (AvgIpc) is 2.18. The Kier molecular flexibility index (Phi) is 8.02. The van der Waals surface area contributed by atoms with Crippen molar-refractivity contribution >= 4 is 11.8 Å². The van der Waals surface area contributed by atoms with Crippen LogP contribution in [0.2, 0.25) is 0 Å². The summed E-state index contributed by atoms with van der Waals surface area (Å²) in [5.41, 5.74) is -0.318. The van der Waals surface area contributed by atoms with Crippen molar-refractivity contribution in [2.75, 3.05) is 18.1 Å². The van der Waals surface area contributed by atoms with E-state index in [2.05, 4.69) is 18.3 Å². The Bertz CT molecular complexity index is 177. The van der Waals surface area contributed by atoms with Crippen molar-refractivity contribution in [2.24, 2.45) is 0 Å². The van der Waals surface area contributed by atoms with E-state index in [-0.39, 0.29) is 5.54 Å². The van der Waals surface area contributed by atoms with Gasteiger partial charge in [-0.2, -0.15) is 17.0 Å². The van der Waals surface area contributed by atoms with E-state index in [0.29, 0.717) is 0 Å². The zero-order valence-corrected chi connectivity index (χ0v) is 10.4. The molecule has 82 valence electrons. The lowest BCUT2D eigenvalue weighted by Gasteiger charge is -2.22. The highest BCUT2D eigenvalue weighted by atomic mass is 32.2. The summed E-state index contributed by atoms with van der Waals surface area (Å²) in [5.74, 6) is 2.42. The third kappa shape index (κ3) is 6.28. The molecule has 0 aromatic carbocycles. The molecule has 0 heterocycles. The smallest absolute Gasteiger partial charge is 0.103 e. The highest BCUT2D eigenvalue weighted by Gasteiger charge is 2.20. The molecule has 0 aromatic heterocycles. The Morgan fingerprint density at radius 3 is 2.57 bits per heavy atom. The van der Waals surface area contributed by atoms with Crippen molar-refractivity contribution in [3.8, 4) is 6.07 Å². The third-order valence-electron chi connectivity index (χ3n) is 2.13. The summed E-state index contributed by atoms with van der Waals surface area (Å²) in [6, 6.07) is 2.35. The van der Waals surface area contributed by atoms with E-state index in [9.17, 15) is 0 Å². The van der Waals surface area contributed by atoms with Crippen LogP contribution in [-0.4, -0.2) is 23.6 Å². The molecule has 1 N–H and O–H groups in total. The second-order valence-electron chi connectivity index (χ2n) is 3.69. The zero-order valence-electron chi connectivity index (χ0n) is 9.60. The van der Waals surface area contributed by atoms with Crippen LogP contribution in [0.25, 0.3) is 0 Å². The van der Waals surface area contributed by atoms with Crippen LogP contribution in [0.1, 0.15) is 40.0 Å². The first kappa shape index (κ1) is 13.8. The minimum absolute atomic E-state index is 0.318. The predicted molar refractivity (Wildman–Crippen MR) is 64.5 cm³/mol. The summed E-state index contributed by atoms with van der Waals surface area (Å²) >= 11 is 1.99. The first-order valence-corrected chi connectivity index (χ1v) is 6.58. The monoisotopic (exact) mass is 214 g/mol. The van der Waals surface area contributed by atoms with Gasteiger partial charge in [-0.25, -0.2) is 0 Å². The van der Waals surface area contributed by atoms with Gasteiger partial charge >= 0.3 is 0 Å². The summed E-state index contributed by atoms with van der Waals surface area (Å²) in [6.07, 6.45) is 3.32. The molecule has 14 heavy (non-hydrogen) atoms. The molecule has 0 saturated carbocycles. The molecule has 0 spiro atoms. The molecule has 0 aliphatic carbocycles. The van der Waals surface area contributed by atoms with Crippen molar-refractivity contribution in [1.29, 1.82) is 5.26 Å². The summed E-state index contributed by atoms with van der Waals surface area (Å²) in [7, 11) is 0. The van der Waals surface area contributed by atoms with Crippen molar-refractivity contribution in [3.05, 3.63) is 0 Å². The fourth-order valence-electron chi connectivity index (χ4n) is 1.35. The number of rotatable bonds is 8. The summed E-state index contributed by atoms with van der Waals surface area (Å²) in [6.45, 7) is 7.10. The molecule has 1 atom stereocenters. The summed E-state index contributed by atoms with van der Waals surface area (Å²) < 4.78 is 0. The molecular weight excluding hydrogens is 192 g/mol. The maximum atomic E-state index is 9.00. The van der Waals surface area contributed by atoms with Crippen LogP contribution in [0.15, 0.2) is 0 Å². The Morgan fingerprint density at radius 1 is 1.36 bits per heavy atom. The van der Waals surface area contributed by atoms with Gasteiger partial charge in [0.1, 0.15) is 5.54 Å². The molecule has 0 fully saturated rings. The molecule has 0 rings (SSSR count). The quantitative estimate of drug-likeness (QED) is 0.631. The van der Waals surface area contributed by atoms with E-state index in [1.807, 2.05) is 25.6 Å². The van der Waals surface area contributed by atoms with Gasteiger partial charge in [-0.15, -0.1) is 0 Å². The SMILES string of the molecule is CCCSCCCC(C)(C#N)NCC. The van der Waals surface area contributed by atoms with E-state index >= 15 is 0 Å². The first-order valence-electron chi connectivity index (χ1n) is 5.42. The van der Waals surface area contributed by atoms with Gasteiger partial charge in [-0.05, 0) is 44.2 Å². The molecule has 0 aliphatic rings. The van der Waals surface area contributed by atoms with Gasteiger partial charge in [-0.1, -0.05) is 13.8 Å². The zero-order chi connectivity index (χ0) is 10.9. The Hall–Kier alpha value is -0.200. The van der Waals surface area contributed by atoms with E-state index in [4.69, 9.17) is 5.26 Å². The molecule has 1 unspecified atom stereocenters. The fraction of sp³-hybridized carbons (Fsp3) is 0.909. The number of nitrogens with zero attached hydrogens (tertiary/aromatic N) is 1. The van der Waals surface area contributed by atoms with Gasteiger partial charge in [0.25, 0.3) is 0 Å². The number of hydrogen-bond donors (Lipinski definition) is 1. The minimum atomic E-state index is -0.318. The molecule has 0 bridgehead atoms. The lowest BCUT2D eigenvalue weighted by atomic mass is 9.98. The van der Waals surface area contributed by atoms with Gasteiger partial charge in [-0.3, -0.25) is 5.32 Å². The molecule has 0 saturated heterocycles. The Morgan fingerprint density at radius 2 is 2.07 bits per heavy atom. The average molecular weight is 214 g/mol. The number of nitriles is 1. The maximum absolute atomic E-state index is 9.00. The number of hydrogen-bond acceptors (Lipinski definition) is 3. The number of nitrogens with one attached hydrogen (secondary N) is 1. The predicted octanol–water partition coefficient (Wildman–Crippen LogP) is 2.80. The van der Waals surface area contributed by atoms with Crippen LogP contribution in [-0.2, 0) is 0 Å². The first-order chi connectivity index (χ1) is 6.68. The van der Waals surface area contributed by atoms with Crippen LogP contribution in [0.5, 0.6) is 0 Å². The van der Waals surface area contributed by atoms with Crippen molar-refractivity contribution in [1.82, 2.24) is 5.32 Å². The van der Waals surface area contributed by atoms with Gasteiger partial charge in [0.05, 0.1) is 6.07 Å². The van der Waals surface area contributed by atoms with Crippen LogP contribution in [0.4, 0.5) is 0 Å². The largest absolute Gasteiger partial charge is 0.300 e. The van der Waals surface area contributed by atoms with E-state index in [1.54, 1.807) is 0 Å². The highest BCUT2D eigenvalue weighted by molar-refractivity contribution is 7.99. The van der Waals surface area contributed by atoms with Crippen LogP contribution < -0.4 is 5.32 Å². The second kappa shape index (κ2) is 8.14. The summed E-state index contributed by atoms with van der Waals surface area (Å²) in [5, 5.41) is 12.2. The fourth-order valence-corrected chi connectivity index (χ4v) is 2.19. The summed E-state index contributed by atoms with van der Waals surface area (Å²) in [4.78, 5) is 0. The van der Waals surface area contributed by atoms with Crippen LogP contribution in [0.3, 0.4) is 0 Å². The van der Waals surface area contributed by atoms with Gasteiger partial charge in [0.2, 0.25) is 0 Å². The molecule has 0 amide bonds. The van der Waals surface area contributed by atoms with E-state index in [0.717, 1.165) is 19.4 Å². The van der Waals surface area contributed by atoms with E-state index in [1.165, 1.54) is 17.9 Å². The maximum Gasteiger partial charge on any atom is 0.103 e. The second-order valence-corrected chi connectivity index (χ2v) is 4.91. The number of thioether (sulfide) groups is 1. The lowest BCUT2D eigenvalue weighted by Crippen LogP contribution is -2.40. The van der Waals surface area contributed by atoms with Crippen molar-refractivity contribution < 1.29 is 0 Å². The van der Waals surface area contributed by atoms with Crippen LogP contribution in [0, 0.1) is 11.3 Å².